The molecule has 118 valence electrons. The van der Waals surface area contributed by atoms with Crippen LogP contribution in [0.5, 0.6) is 0 Å². The van der Waals surface area contributed by atoms with Crippen molar-refractivity contribution in [2.45, 2.75) is 51.9 Å². The molecule has 0 heterocycles. The van der Waals surface area contributed by atoms with Crippen molar-refractivity contribution in [2.24, 2.45) is 11.8 Å². The lowest BCUT2D eigenvalue weighted by molar-refractivity contribution is 0.381. The van der Waals surface area contributed by atoms with E-state index in [1.807, 2.05) is 4.31 Å². The predicted molar refractivity (Wildman–Crippen MR) is 83.2 cm³/mol. The monoisotopic (exact) mass is 302 g/mol. The van der Waals surface area contributed by atoms with Gasteiger partial charge in [-0.25, -0.2) is 12.7 Å². The fourth-order valence-electron chi connectivity index (χ4n) is 2.44. The first-order chi connectivity index (χ1) is 9.62. The van der Waals surface area contributed by atoms with Gasteiger partial charge in [-0.1, -0.05) is 6.92 Å². The first-order valence-electron chi connectivity index (χ1n) is 8.30. The summed E-state index contributed by atoms with van der Waals surface area (Å²) >= 11 is 0. The van der Waals surface area contributed by atoms with Gasteiger partial charge >= 0.3 is 0 Å². The molecule has 2 rings (SSSR count). The molecule has 4 nitrogen and oxygen atoms in total. The molecule has 0 atom stereocenters. The van der Waals surface area contributed by atoms with Gasteiger partial charge in [-0.2, -0.15) is 0 Å². The molecule has 0 amide bonds. The quantitative estimate of drug-likeness (QED) is 0.562. The van der Waals surface area contributed by atoms with Crippen LogP contribution in [0.3, 0.4) is 0 Å². The van der Waals surface area contributed by atoms with Gasteiger partial charge in [0.05, 0.1) is 5.75 Å². The van der Waals surface area contributed by atoms with Crippen molar-refractivity contribution in [3.05, 3.63) is 0 Å². The number of rotatable bonds is 12. The third-order valence-electron chi connectivity index (χ3n) is 4.14. The normalized spacial score (nSPS) is 19.7. The minimum atomic E-state index is -3.02. The molecule has 0 spiro atoms. The highest BCUT2D eigenvalue weighted by Gasteiger charge is 2.34. The summed E-state index contributed by atoms with van der Waals surface area (Å²) in [6, 6.07) is 0. The van der Waals surface area contributed by atoms with Crippen LogP contribution >= 0.6 is 0 Å². The summed E-state index contributed by atoms with van der Waals surface area (Å²) in [7, 11) is -3.02. The molecule has 1 N–H and O–H groups in total. The minimum Gasteiger partial charge on any atom is -0.317 e. The molecule has 0 saturated heterocycles. The standard InChI is InChI=1S/C15H30N2O2S/c1-2-9-16-10-3-4-11-20(18,19)17(12-14-5-6-14)13-15-7-8-15/h14-16H,2-13H2,1H3. The molecule has 2 aliphatic rings. The van der Waals surface area contributed by atoms with E-state index in [1.165, 1.54) is 25.7 Å². The van der Waals surface area contributed by atoms with Crippen LogP contribution in [0.25, 0.3) is 0 Å². The van der Waals surface area contributed by atoms with Crippen LogP contribution in [0.15, 0.2) is 0 Å². The highest BCUT2D eigenvalue weighted by molar-refractivity contribution is 7.89. The van der Waals surface area contributed by atoms with Crippen molar-refractivity contribution in [2.75, 3.05) is 31.9 Å². The Morgan fingerprint density at radius 1 is 1.00 bits per heavy atom. The van der Waals surface area contributed by atoms with Gasteiger partial charge in [0.25, 0.3) is 0 Å². The molecule has 2 aliphatic carbocycles. The Morgan fingerprint density at radius 2 is 1.60 bits per heavy atom. The molecule has 0 bridgehead atoms. The first-order valence-corrected chi connectivity index (χ1v) is 9.91. The second kappa shape index (κ2) is 7.76. The van der Waals surface area contributed by atoms with Crippen molar-refractivity contribution in [1.29, 1.82) is 0 Å². The highest BCUT2D eigenvalue weighted by atomic mass is 32.2. The summed E-state index contributed by atoms with van der Waals surface area (Å²) in [5, 5.41) is 3.33. The van der Waals surface area contributed by atoms with Crippen molar-refractivity contribution in [3.63, 3.8) is 0 Å². The summed E-state index contributed by atoms with van der Waals surface area (Å²) in [5.41, 5.74) is 0. The third-order valence-corrected chi connectivity index (χ3v) is 6.03. The maximum Gasteiger partial charge on any atom is 0.214 e. The molecule has 5 heteroatoms. The topological polar surface area (TPSA) is 49.4 Å². The highest BCUT2D eigenvalue weighted by Crippen LogP contribution is 2.34. The average molecular weight is 302 g/mol. The molecule has 2 fully saturated rings. The van der Waals surface area contributed by atoms with E-state index < -0.39 is 10.0 Å². The molecule has 0 aromatic heterocycles. The van der Waals surface area contributed by atoms with Crippen molar-refractivity contribution >= 4 is 10.0 Å². The fourth-order valence-corrected chi connectivity index (χ4v) is 4.15. The van der Waals surface area contributed by atoms with E-state index in [9.17, 15) is 8.42 Å². The zero-order valence-electron chi connectivity index (χ0n) is 12.8. The average Bonchev–Trinajstić information content (AvgIpc) is 3.27. The number of hydrogen-bond acceptors (Lipinski definition) is 3. The molecular formula is C15H30N2O2S. The zero-order chi connectivity index (χ0) is 14.4. The molecule has 0 aromatic rings. The molecule has 0 aliphatic heterocycles. The summed E-state index contributed by atoms with van der Waals surface area (Å²) in [6.07, 6.45) is 7.75. The van der Waals surface area contributed by atoms with Gasteiger partial charge in [0, 0.05) is 13.1 Å². The number of unbranched alkanes of at least 4 members (excludes halogenated alkanes) is 1. The van der Waals surface area contributed by atoms with Crippen molar-refractivity contribution in [3.8, 4) is 0 Å². The number of nitrogens with zero attached hydrogens (tertiary/aromatic N) is 1. The number of hydrogen-bond donors (Lipinski definition) is 1. The van der Waals surface area contributed by atoms with Gasteiger partial charge in [0.1, 0.15) is 0 Å². The summed E-state index contributed by atoms with van der Waals surface area (Å²) in [5.74, 6) is 1.63. The molecule has 2 saturated carbocycles. The lowest BCUT2D eigenvalue weighted by atomic mass is 10.3. The Morgan fingerprint density at radius 3 is 2.10 bits per heavy atom. The number of nitrogens with one attached hydrogen (secondary N) is 1. The van der Waals surface area contributed by atoms with Gasteiger partial charge in [-0.15, -0.1) is 0 Å². The molecule has 0 radical (unpaired) electrons. The predicted octanol–water partition coefficient (Wildman–Crippen LogP) is 2.22. The summed E-state index contributed by atoms with van der Waals surface area (Å²) in [6.45, 7) is 5.68. The van der Waals surface area contributed by atoms with E-state index in [0.29, 0.717) is 17.6 Å². The van der Waals surface area contributed by atoms with Crippen LogP contribution in [0.1, 0.15) is 51.9 Å². The number of sulfonamides is 1. The maximum atomic E-state index is 12.5. The van der Waals surface area contributed by atoms with Crippen LogP contribution in [0.2, 0.25) is 0 Å². The van der Waals surface area contributed by atoms with Crippen LogP contribution in [0, 0.1) is 11.8 Å². The lowest BCUT2D eigenvalue weighted by Crippen LogP contribution is -2.36. The smallest absolute Gasteiger partial charge is 0.214 e. The third kappa shape index (κ3) is 6.10. The Bertz CT molecular complexity index is 361. The van der Waals surface area contributed by atoms with E-state index in [2.05, 4.69) is 12.2 Å². The van der Waals surface area contributed by atoms with E-state index in [0.717, 1.165) is 45.4 Å². The minimum absolute atomic E-state index is 0.334. The van der Waals surface area contributed by atoms with Gasteiger partial charge in [-0.05, 0) is 69.9 Å². The van der Waals surface area contributed by atoms with Crippen molar-refractivity contribution in [1.82, 2.24) is 9.62 Å². The van der Waals surface area contributed by atoms with Crippen molar-refractivity contribution < 1.29 is 8.42 Å². The van der Waals surface area contributed by atoms with Crippen LogP contribution < -0.4 is 5.32 Å². The molecule has 0 unspecified atom stereocenters. The van der Waals surface area contributed by atoms with Crippen LogP contribution in [-0.4, -0.2) is 44.7 Å². The summed E-state index contributed by atoms with van der Waals surface area (Å²) < 4.78 is 26.7. The molecule has 20 heavy (non-hydrogen) atoms. The van der Waals surface area contributed by atoms with Gasteiger partial charge in [0.15, 0.2) is 0 Å². The maximum absolute atomic E-state index is 12.5. The summed E-state index contributed by atoms with van der Waals surface area (Å²) in [4.78, 5) is 0. The van der Waals surface area contributed by atoms with Crippen LogP contribution in [0.4, 0.5) is 0 Å². The second-order valence-corrected chi connectivity index (χ2v) is 8.57. The van der Waals surface area contributed by atoms with Crippen LogP contribution in [-0.2, 0) is 10.0 Å². The fraction of sp³-hybridized carbons (Fsp3) is 1.00. The van der Waals surface area contributed by atoms with E-state index >= 15 is 0 Å². The van der Waals surface area contributed by atoms with E-state index in [-0.39, 0.29) is 0 Å². The van der Waals surface area contributed by atoms with Gasteiger partial charge in [-0.3, -0.25) is 0 Å². The Hall–Kier alpha value is -0.130. The Kier molecular flexibility index (Phi) is 6.30. The van der Waals surface area contributed by atoms with E-state index in [4.69, 9.17) is 0 Å². The molecule has 0 aromatic carbocycles. The second-order valence-electron chi connectivity index (χ2n) is 6.48. The zero-order valence-corrected chi connectivity index (χ0v) is 13.6. The molecular weight excluding hydrogens is 272 g/mol. The van der Waals surface area contributed by atoms with Gasteiger partial charge in [0.2, 0.25) is 10.0 Å². The van der Waals surface area contributed by atoms with Gasteiger partial charge < -0.3 is 5.32 Å². The first kappa shape index (κ1) is 16.2. The Balaban J connectivity index is 1.70. The largest absolute Gasteiger partial charge is 0.317 e. The SMILES string of the molecule is CCCNCCCCS(=O)(=O)N(CC1CC1)CC1CC1. The van der Waals surface area contributed by atoms with E-state index in [1.54, 1.807) is 0 Å². The lowest BCUT2D eigenvalue weighted by Gasteiger charge is -2.22. The Labute approximate surface area is 124 Å².